The van der Waals surface area contributed by atoms with Crippen LogP contribution in [-0.2, 0) is 9.84 Å². The number of anilines is 1. The van der Waals surface area contributed by atoms with Crippen LogP contribution in [-0.4, -0.2) is 37.8 Å². The normalized spacial score (nSPS) is 18.1. The van der Waals surface area contributed by atoms with E-state index >= 15 is 0 Å². The molecule has 27 heavy (non-hydrogen) atoms. The zero-order valence-electron chi connectivity index (χ0n) is 14.0. The molecule has 1 aliphatic rings. The Morgan fingerprint density at radius 3 is 2.00 bits per heavy atom. The van der Waals surface area contributed by atoms with Crippen LogP contribution in [0.5, 0.6) is 0 Å². The van der Waals surface area contributed by atoms with E-state index in [4.69, 9.17) is 0 Å². The Hall–Kier alpha value is -2.81. The van der Waals surface area contributed by atoms with E-state index < -0.39 is 45.0 Å². The van der Waals surface area contributed by atoms with Gasteiger partial charge in [-0.05, 0) is 42.8 Å². The smallest absolute Gasteiger partial charge is 0.255 e. The maximum atomic E-state index is 13.6. The van der Waals surface area contributed by atoms with Crippen molar-refractivity contribution in [2.45, 2.75) is 12.5 Å². The lowest BCUT2D eigenvalue weighted by atomic mass is 10.1. The Kier molecular flexibility index (Phi) is 5.22. The summed E-state index contributed by atoms with van der Waals surface area (Å²) in [4.78, 5) is 24.3. The molecule has 1 unspecified atom stereocenters. The summed E-state index contributed by atoms with van der Waals surface area (Å²) in [7, 11) is -3.11. The summed E-state index contributed by atoms with van der Waals surface area (Å²) in [5, 5.41) is 4.79. The molecule has 2 aromatic rings. The van der Waals surface area contributed by atoms with Gasteiger partial charge in [-0.1, -0.05) is 6.07 Å². The van der Waals surface area contributed by atoms with E-state index in [1.807, 2.05) is 0 Å². The van der Waals surface area contributed by atoms with Crippen molar-refractivity contribution in [2.75, 3.05) is 16.8 Å². The fraction of sp³-hybridized carbons (Fsp3) is 0.222. The summed E-state index contributed by atoms with van der Waals surface area (Å²) in [6.07, 6.45) is 0.364. The number of halogens is 2. The third-order valence-electron chi connectivity index (χ3n) is 4.18. The van der Waals surface area contributed by atoms with Crippen LogP contribution in [0.25, 0.3) is 0 Å². The van der Waals surface area contributed by atoms with Crippen LogP contribution in [0.4, 0.5) is 14.5 Å². The largest absolute Gasteiger partial charge is 0.348 e. The number of benzene rings is 2. The highest BCUT2D eigenvalue weighted by Crippen LogP contribution is 2.19. The van der Waals surface area contributed by atoms with Gasteiger partial charge in [0.15, 0.2) is 9.84 Å². The van der Waals surface area contributed by atoms with Crippen LogP contribution in [0.1, 0.15) is 27.1 Å². The van der Waals surface area contributed by atoms with Gasteiger partial charge in [0.05, 0.1) is 11.5 Å². The second-order valence-corrected chi connectivity index (χ2v) is 8.43. The zero-order chi connectivity index (χ0) is 19.6. The molecule has 3 rings (SSSR count). The lowest BCUT2D eigenvalue weighted by Crippen LogP contribution is -2.35. The fourth-order valence-electron chi connectivity index (χ4n) is 2.75. The first kappa shape index (κ1) is 19.0. The van der Waals surface area contributed by atoms with Crippen molar-refractivity contribution in [3.8, 4) is 0 Å². The van der Waals surface area contributed by atoms with E-state index in [1.54, 1.807) is 0 Å². The summed E-state index contributed by atoms with van der Waals surface area (Å²) < 4.78 is 50.0. The van der Waals surface area contributed by atoms with Crippen molar-refractivity contribution in [1.29, 1.82) is 0 Å². The number of hydrogen-bond donors (Lipinski definition) is 2. The fourth-order valence-corrected chi connectivity index (χ4v) is 4.43. The van der Waals surface area contributed by atoms with Gasteiger partial charge in [-0.2, -0.15) is 0 Å². The molecule has 1 aliphatic heterocycles. The Morgan fingerprint density at radius 1 is 0.926 bits per heavy atom. The van der Waals surface area contributed by atoms with Gasteiger partial charge in [0.2, 0.25) is 0 Å². The lowest BCUT2D eigenvalue weighted by molar-refractivity contribution is 0.0939. The molecule has 2 aromatic carbocycles. The molecule has 0 saturated carbocycles. The van der Waals surface area contributed by atoms with Gasteiger partial charge in [-0.3, -0.25) is 9.59 Å². The molecular weight excluding hydrogens is 378 g/mol. The average Bonchev–Trinajstić information content (AvgIpc) is 2.96. The molecule has 1 atom stereocenters. The minimum Gasteiger partial charge on any atom is -0.348 e. The van der Waals surface area contributed by atoms with E-state index in [1.165, 1.54) is 30.3 Å². The highest BCUT2D eigenvalue weighted by molar-refractivity contribution is 7.91. The first-order valence-electron chi connectivity index (χ1n) is 8.12. The van der Waals surface area contributed by atoms with Crippen LogP contribution >= 0.6 is 0 Å². The summed E-state index contributed by atoms with van der Waals surface area (Å²) in [6, 6.07) is 8.24. The Morgan fingerprint density at radius 2 is 1.48 bits per heavy atom. The number of amides is 2. The number of carbonyl (C=O) groups is 2. The minimum atomic E-state index is -3.11. The molecule has 9 heteroatoms. The molecule has 6 nitrogen and oxygen atoms in total. The second kappa shape index (κ2) is 7.43. The molecule has 0 radical (unpaired) electrons. The average molecular weight is 394 g/mol. The molecule has 0 aromatic heterocycles. The van der Waals surface area contributed by atoms with Crippen LogP contribution in [0.3, 0.4) is 0 Å². The number of hydrogen-bond acceptors (Lipinski definition) is 4. The van der Waals surface area contributed by atoms with Crippen molar-refractivity contribution in [3.63, 3.8) is 0 Å². The van der Waals surface area contributed by atoms with Gasteiger partial charge >= 0.3 is 0 Å². The van der Waals surface area contributed by atoms with E-state index in [0.717, 1.165) is 12.1 Å². The summed E-state index contributed by atoms with van der Waals surface area (Å²) in [5.41, 5.74) is -0.197. The Bertz CT molecular complexity index is 971. The topological polar surface area (TPSA) is 92.3 Å². The lowest BCUT2D eigenvalue weighted by Gasteiger charge is -2.11. The zero-order valence-corrected chi connectivity index (χ0v) is 14.9. The monoisotopic (exact) mass is 394 g/mol. The van der Waals surface area contributed by atoms with Crippen molar-refractivity contribution in [2.24, 2.45) is 0 Å². The van der Waals surface area contributed by atoms with Crippen LogP contribution in [0.15, 0.2) is 42.5 Å². The first-order chi connectivity index (χ1) is 12.7. The SMILES string of the molecule is O=C(Nc1c(F)cccc1F)c1ccc(C(=O)NC2CCS(=O)(=O)C2)cc1. The number of nitrogens with one attached hydrogen (secondary N) is 2. The summed E-state index contributed by atoms with van der Waals surface area (Å²) in [5.74, 6) is -3.02. The van der Waals surface area contributed by atoms with E-state index in [0.29, 0.717) is 6.42 Å². The summed E-state index contributed by atoms with van der Waals surface area (Å²) >= 11 is 0. The summed E-state index contributed by atoms with van der Waals surface area (Å²) in [6.45, 7) is 0. The number of sulfone groups is 1. The van der Waals surface area contributed by atoms with Crippen molar-refractivity contribution < 1.29 is 26.8 Å². The molecule has 0 bridgehead atoms. The Balaban J connectivity index is 1.66. The van der Waals surface area contributed by atoms with Crippen LogP contribution < -0.4 is 10.6 Å². The number of carbonyl (C=O) groups excluding carboxylic acids is 2. The molecular formula is C18H16F2N2O4S. The predicted octanol–water partition coefficient (Wildman–Crippen LogP) is 2.13. The maximum absolute atomic E-state index is 13.6. The first-order valence-corrected chi connectivity index (χ1v) is 9.94. The molecule has 0 aliphatic carbocycles. The number of para-hydroxylation sites is 1. The molecule has 2 amide bonds. The van der Waals surface area contributed by atoms with Gasteiger partial charge < -0.3 is 10.6 Å². The van der Waals surface area contributed by atoms with Crippen molar-refractivity contribution >= 4 is 27.3 Å². The van der Waals surface area contributed by atoms with Gasteiger partial charge in [0, 0.05) is 17.2 Å². The van der Waals surface area contributed by atoms with Crippen LogP contribution in [0, 0.1) is 11.6 Å². The predicted molar refractivity (Wildman–Crippen MR) is 95.3 cm³/mol. The van der Waals surface area contributed by atoms with E-state index in [9.17, 15) is 26.8 Å². The Labute approximate surface area is 154 Å². The minimum absolute atomic E-state index is 0.0453. The third kappa shape index (κ3) is 4.48. The highest BCUT2D eigenvalue weighted by Gasteiger charge is 2.29. The van der Waals surface area contributed by atoms with Gasteiger partial charge in [0.1, 0.15) is 17.3 Å². The highest BCUT2D eigenvalue weighted by atomic mass is 32.2. The van der Waals surface area contributed by atoms with Gasteiger partial charge in [-0.25, -0.2) is 17.2 Å². The van der Waals surface area contributed by atoms with Crippen LogP contribution in [0.2, 0.25) is 0 Å². The van der Waals surface area contributed by atoms with E-state index in [2.05, 4.69) is 10.6 Å². The standard InChI is InChI=1S/C18H16F2N2O4S/c19-14-2-1-3-15(20)16(14)22-18(24)12-6-4-11(5-7-12)17(23)21-13-8-9-27(25,26)10-13/h1-7,13H,8-10H2,(H,21,23)(H,22,24). The molecule has 1 fully saturated rings. The van der Waals surface area contributed by atoms with Crippen molar-refractivity contribution in [1.82, 2.24) is 5.32 Å². The molecule has 1 saturated heterocycles. The molecule has 1 heterocycles. The third-order valence-corrected chi connectivity index (χ3v) is 5.95. The molecule has 142 valence electrons. The maximum Gasteiger partial charge on any atom is 0.255 e. The van der Waals surface area contributed by atoms with Crippen molar-refractivity contribution in [3.05, 3.63) is 65.2 Å². The number of rotatable bonds is 4. The molecule has 2 N–H and O–H groups in total. The second-order valence-electron chi connectivity index (χ2n) is 6.20. The quantitative estimate of drug-likeness (QED) is 0.831. The van der Waals surface area contributed by atoms with Gasteiger partial charge in [-0.15, -0.1) is 0 Å². The van der Waals surface area contributed by atoms with E-state index in [-0.39, 0.29) is 22.6 Å². The molecule has 0 spiro atoms. The van der Waals surface area contributed by atoms with Gasteiger partial charge in [0.25, 0.3) is 11.8 Å².